The van der Waals surface area contributed by atoms with Gasteiger partial charge in [-0.2, -0.15) is 0 Å². The van der Waals surface area contributed by atoms with E-state index in [1.54, 1.807) is 13.8 Å². The summed E-state index contributed by atoms with van der Waals surface area (Å²) >= 11 is 0. The molecule has 0 unspecified atom stereocenters. The van der Waals surface area contributed by atoms with Crippen molar-refractivity contribution in [2.75, 3.05) is 26.2 Å². The van der Waals surface area contributed by atoms with Crippen molar-refractivity contribution in [2.45, 2.75) is 110 Å². The number of carbonyl (C=O) groups is 8. The number of hydrogen-bond acceptors (Lipinski definition) is 11. The Balaban J connectivity index is 5.64. The van der Waals surface area contributed by atoms with E-state index in [9.17, 15) is 43.5 Å². The standard InChI is InChI=1S/C33H61N11O10/c1-16(2)11-21(30(52)40-19(7)27(49)43-23(15-45)29(51)39-13-24(46)38-14-25(47)48)42-32(54)26(18(5)6)44-31(53)22(12-17(3)4)41-28(50)20(34)9-8-10-37-33(35)36/h16-23,26,45H,8-15,34H2,1-7H3,(H,38,46)(H,39,51)(H,40,52)(H,41,50)(H,42,54)(H,43,49)(H,44,53)(H,47,48)(H4,35,36,37)/t19-,20-,21-,22-,23-,26-/m0/s1. The molecule has 0 aromatic carbocycles. The first-order chi connectivity index (χ1) is 25.1. The van der Waals surface area contributed by atoms with Gasteiger partial charge in [-0.05, 0) is 50.4 Å². The second kappa shape index (κ2) is 25.1. The van der Waals surface area contributed by atoms with Crippen LogP contribution in [0.3, 0.4) is 0 Å². The highest BCUT2D eigenvalue weighted by molar-refractivity contribution is 5.97. The van der Waals surface area contributed by atoms with Gasteiger partial charge >= 0.3 is 5.97 Å². The topological polar surface area (TPSA) is 352 Å². The van der Waals surface area contributed by atoms with E-state index in [4.69, 9.17) is 22.3 Å². The monoisotopic (exact) mass is 771 g/mol. The van der Waals surface area contributed by atoms with Crippen LogP contribution < -0.4 is 54.4 Å². The lowest BCUT2D eigenvalue weighted by molar-refractivity contribution is -0.138. The largest absolute Gasteiger partial charge is 0.480 e. The zero-order chi connectivity index (χ0) is 41.7. The Hall–Kier alpha value is -5.05. The van der Waals surface area contributed by atoms with Gasteiger partial charge in [0.15, 0.2) is 5.96 Å². The number of nitrogens with two attached hydrogens (primary N) is 3. The molecule has 21 nitrogen and oxygen atoms in total. The lowest BCUT2D eigenvalue weighted by Gasteiger charge is -2.29. The molecule has 15 N–H and O–H groups in total. The van der Waals surface area contributed by atoms with Crippen LogP contribution in [0.1, 0.15) is 74.1 Å². The molecular formula is C33H61N11O10. The molecule has 0 saturated heterocycles. The fourth-order valence-corrected chi connectivity index (χ4v) is 4.78. The number of rotatable bonds is 25. The smallest absolute Gasteiger partial charge is 0.322 e. The summed E-state index contributed by atoms with van der Waals surface area (Å²) in [6.07, 6.45) is 1.07. The Bertz CT molecular complexity index is 1320. The molecular weight excluding hydrogens is 710 g/mol. The SMILES string of the molecule is CC(C)C[C@H](NC(=O)[C@@H](NC(=O)[C@H](CC(C)C)NC(=O)[C@@H](N)CCCN=C(N)N)C(C)C)C(=O)N[C@@H](C)C(=O)N[C@@H](CO)C(=O)NCC(=O)NCC(=O)O. The van der Waals surface area contributed by atoms with E-state index in [0.717, 1.165) is 0 Å². The number of aliphatic hydroxyl groups excluding tert-OH is 1. The Morgan fingerprint density at radius 2 is 1.15 bits per heavy atom. The third-order valence-electron chi connectivity index (χ3n) is 7.66. The summed E-state index contributed by atoms with van der Waals surface area (Å²) in [5, 5.41) is 35.2. The lowest BCUT2D eigenvalue weighted by atomic mass is 9.98. The highest BCUT2D eigenvalue weighted by Gasteiger charge is 2.33. The summed E-state index contributed by atoms with van der Waals surface area (Å²) in [5.41, 5.74) is 16.7. The van der Waals surface area contributed by atoms with Crippen molar-refractivity contribution in [2.24, 2.45) is 39.9 Å². The molecule has 0 aliphatic carbocycles. The Morgan fingerprint density at radius 1 is 0.630 bits per heavy atom. The number of carboxylic acids is 1. The van der Waals surface area contributed by atoms with Crippen molar-refractivity contribution in [1.82, 2.24) is 37.2 Å². The van der Waals surface area contributed by atoms with Gasteiger partial charge in [-0.1, -0.05) is 41.5 Å². The first-order valence-corrected chi connectivity index (χ1v) is 17.8. The molecule has 21 heteroatoms. The summed E-state index contributed by atoms with van der Waals surface area (Å²) in [7, 11) is 0. The third-order valence-corrected chi connectivity index (χ3v) is 7.66. The molecule has 0 radical (unpaired) electrons. The molecule has 0 aliphatic heterocycles. The molecule has 0 aliphatic rings. The Labute approximate surface area is 315 Å². The number of aliphatic hydroxyl groups is 1. The van der Waals surface area contributed by atoms with Gasteiger partial charge in [0.05, 0.1) is 19.2 Å². The van der Waals surface area contributed by atoms with Crippen LogP contribution in [0, 0.1) is 17.8 Å². The number of aliphatic carboxylic acids is 1. The summed E-state index contributed by atoms with van der Waals surface area (Å²) in [5.74, 6) is -7.23. The number of carboxylic acid groups (broad SMARTS) is 1. The van der Waals surface area contributed by atoms with Gasteiger partial charge in [-0.25, -0.2) is 0 Å². The van der Waals surface area contributed by atoms with Gasteiger partial charge in [0, 0.05) is 6.54 Å². The normalized spacial score (nSPS) is 14.4. The molecule has 0 aromatic rings. The molecule has 308 valence electrons. The predicted molar refractivity (Wildman–Crippen MR) is 198 cm³/mol. The van der Waals surface area contributed by atoms with Crippen LogP contribution in [-0.2, 0) is 38.4 Å². The van der Waals surface area contributed by atoms with Crippen molar-refractivity contribution >= 4 is 53.3 Å². The number of nitrogens with zero attached hydrogens (tertiary/aromatic N) is 1. The van der Waals surface area contributed by atoms with Crippen molar-refractivity contribution < 1.29 is 48.6 Å². The van der Waals surface area contributed by atoms with Gasteiger partial charge < -0.3 is 64.6 Å². The van der Waals surface area contributed by atoms with Crippen LogP contribution in [0.4, 0.5) is 0 Å². The number of aliphatic imine (C=N–C) groups is 1. The lowest BCUT2D eigenvalue weighted by Crippen LogP contribution is -2.60. The van der Waals surface area contributed by atoms with Crippen molar-refractivity contribution in [3.8, 4) is 0 Å². The maximum Gasteiger partial charge on any atom is 0.322 e. The number of hydrogen-bond donors (Lipinski definition) is 12. The van der Waals surface area contributed by atoms with Gasteiger partial charge in [-0.15, -0.1) is 0 Å². The van der Waals surface area contributed by atoms with Crippen molar-refractivity contribution in [1.29, 1.82) is 0 Å². The molecule has 6 atom stereocenters. The molecule has 54 heavy (non-hydrogen) atoms. The minimum Gasteiger partial charge on any atom is -0.480 e. The summed E-state index contributed by atoms with van der Waals surface area (Å²) in [6.45, 7) is 10.1. The van der Waals surface area contributed by atoms with E-state index in [1.807, 2.05) is 33.0 Å². The van der Waals surface area contributed by atoms with Gasteiger partial charge in [0.25, 0.3) is 0 Å². The zero-order valence-electron chi connectivity index (χ0n) is 32.2. The quantitative estimate of drug-likeness (QED) is 0.0239. The zero-order valence-corrected chi connectivity index (χ0v) is 32.2. The molecule has 0 bridgehead atoms. The highest BCUT2D eigenvalue weighted by atomic mass is 16.4. The summed E-state index contributed by atoms with van der Waals surface area (Å²) in [6, 6.07) is -7.03. The van der Waals surface area contributed by atoms with Crippen LogP contribution in [0.2, 0.25) is 0 Å². The van der Waals surface area contributed by atoms with E-state index in [2.05, 4.69) is 36.9 Å². The predicted octanol–water partition coefficient (Wildman–Crippen LogP) is -4.13. The van der Waals surface area contributed by atoms with E-state index < -0.39 is 109 Å². The maximum atomic E-state index is 13.6. The third kappa shape index (κ3) is 20.3. The van der Waals surface area contributed by atoms with Crippen molar-refractivity contribution in [3.63, 3.8) is 0 Å². The van der Waals surface area contributed by atoms with Crippen LogP contribution in [0.25, 0.3) is 0 Å². The number of nitrogens with one attached hydrogen (secondary N) is 7. The minimum absolute atomic E-state index is 0.0252. The van der Waals surface area contributed by atoms with Crippen molar-refractivity contribution in [3.05, 3.63) is 0 Å². The van der Waals surface area contributed by atoms with Crippen LogP contribution in [0.15, 0.2) is 4.99 Å². The number of carbonyl (C=O) groups excluding carboxylic acids is 7. The molecule has 0 rings (SSSR count). The second-order valence-corrected chi connectivity index (χ2v) is 14.0. The summed E-state index contributed by atoms with van der Waals surface area (Å²) in [4.78, 5) is 105. The fourth-order valence-electron chi connectivity index (χ4n) is 4.78. The van der Waals surface area contributed by atoms with Gasteiger partial charge in [-0.3, -0.25) is 43.3 Å². The summed E-state index contributed by atoms with van der Waals surface area (Å²) < 4.78 is 0. The fraction of sp³-hybridized carbons (Fsp3) is 0.727. The average Bonchev–Trinajstić information content (AvgIpc) is 3.07. The van der Waals surface area contributed by atoms with Crippen LogP contribution in [-0.4, -0.2) is 126 Å². The maximum absolute atomic E-state index is 13.6. The molecule has 0 fully saturated rings. The minimum atomic E-state index is -1.51. The van der Waals surface area contributed by atoms with Crippen LogP contribution in [0.5, 0.6) is 0 Å². The molecule has 0 spiro atoms. The van der Waals surface area contributed by atoms with Crippen LogP contribution >= 0.6 is 0 Å². The highest BCUT2D eigenvalue weighted by Crippen LogP contribution is 2.11. The molecule has 0 saturated carbocycles. The van der Waals surface area contributed by atoms with Gasteiger partial charge in [0.2, 0.25) is 41.4 Å². The van der Waals surface area contributed by atoms with E-state index >= 15 is 0 Å². The van der Waals surface area contributed by atoms with E-state index in [1.165, 1.54) is 6.92 Å². The molecule has 7 amide bonds. The van der Waals surface area contributed by atoms with E-state index in [0.29, 0.717) is 6.42 Å². The molecule has 0 aromatic heterocycles. The average molecular weight is 772 g/mol. The first kappa shape index (κ1) is 49.0. The Morgan fingerprint density at radius 3 is 1.63 bits per heavy atom. The number of amides is 7. The first-order valence-electron chi connectivity index (χ1n) is 17.8. The molecule has 0 heterocycles. The Kier molecular flexibility index (Phi) is 22.7. The van der Waals surface area contributed by atoms with Gasteiger partial charge in [0.1, 0.15) is 36.8 Å². The second-order valence-electron chi connectivity index (χ2n) is 14.0. The van der Waals surface area contributed by atoms with E-state index in [-0.39, 0.29) is 43.6 Å². The number of guanidine groups is 1.